The van der Waals surface area contributed by atoms with Crippen LogP contribution in [0.25, 0.3) is 11.0 Å². The second-order valence-electron chi connectivity index (χ2n) is 4.47. The molecule has 0 unspecified atom stereocenters. The number of benzene rings is 2. The number of H-pyrrole nitrogens is 1. The van der Waals surface area contributed by atoms with Crippen LogP contribution in [0.3, 0.4) is 0 Å². The highest BCUT2D eigenvalue weighted by Gasteiger charge is 2.08. The number of halogens is 2. The third-order valence-electron chi connectivity index (χ3n) is 2.99. The number of carbonyl (C=O) groups is 1. The third-order valence-corrected chi connectivity index (χ3v) is 4.76. The average Bonchev–Trinajstić information content (AvgIpc) is 2.88. The molecule has 0 aliphatic carbocycles. The van der Waals surface area contributed by atoms with Gasteiger partial charge in [-0.05, 0) is 34.2 Å². The molecule has 0 spiro atoms. The molecular weight excluding hydrogens is 402 g/mol. The summed E-state index contributed by atoms with van der Waals surface area (Å²) in [4.78, 5) is 18.2. The van der Waals surface area contributed by atoms with Gasteiger partial charge in [0.15, 0.2) is 5.16 Å². The van der Waals surface area contributed by atoms with Crippen molar-refractivity contribution in [3.63, 3.8) is 0 Å². The molecule has 0 fully saturated rings. The van der Waals surface area contributed by atoms with Crippen molar-refractivity contribution in [1.82, 2.24) is 9.97 Å². The molecule has 0 bridgehead atoms. The van der Waals surface area contributed by atoms with Crippen molar-refractivity contribution in [2.75, 3.05) is 0 Å². The maximum Gasteiger partial charge on any atom is 0.166 e. The number of imidazole rings is 1. The van der Waals surface area contributed by atoms with Gasteiger partial charge < -0.3 is 4.98 Å². The smallest absolute Gasteiger partial charge is 0.166 e. The highest BCUT2D eigenvalue weighted by molar-refractivity contribution is 14.1. The van der Waals surface area contributed by atoms with Crippen LogP contribution < -0.4 is 0 Å². The minimum Gasteiger partial charge on any atom is -0.333 e. The van der Waals surface area contributed by atoms with E-state index >= 15 is 0 Å². The van der Waals surface area contributed by atoms with Gasteiger partial charge in [0.25, 0.3) is 0 Å². The zero-order valence-corrected chi connectivity index (χ0v) is 13.7. The predicted molar refractivity (Wildman–Crippen MR) is 90.2 cm³/mol. The Balaban J connectivity index is 1.76. The Morgan fingerprint density at radius 1 is 1.29 bits per heavy atom. The molecule has 1 N–H and O–H groups in total. The van der Waals surface area contributed by atoms with Gasteiger partial charge in [0, 0.05) is 17.4 Å². The van der Waals surface area contributed by atoms with E-state index in [0.717, 1.165) is 28.3 Å². The van der Waals surface area contributed by atoms with Gasteiger partial charge in [-0.1, -0.05) is 36.0 Å². The van der Waals surface area contributed by atoms with Crippen LogP contribution >= 0.6 is 34.4 Å². The Hall–Kier alpha value is -1.41. The normalized spacial score (nSPS) is 11.0. The molecule has 0 amide bonds. The zero-order valence-electron chi connectivity index (χ0n) is 10.8. The highest BCUT2D eigenvalue weighted by Crippen LogP contribution is 2.25. The lowest BCUT2D eigenvalue weighted by Gasteiger charge is -1.99. The first-order valence-corrected chi connectivity index (χ1v) is 8.24. The van der Waals surface area contributed by atoms with Crippen LogP contribution in [-0.2, 0) is 5.75 Å². The van der Waals surface area contributed by atoms with E-state index < -0.39 is 0 Å². The van der Waals surface area contributed by atoms with Crippen LogP contribution in [0, 0.1) is 9.39 Å². The lowest BCUT2D eigenvalue weighted by molar-refractivity contribution is 0.112. The fourth-order valence-electron chi connectivity index (χ4n) is 1.89. The van der Waals surface area contributed by atoms with Crippen molar-refractivity contribution in [2.45, 2.75) is 10.9 Å². The van der Waals surface area contributed by atoms with Gasteiger partial charge in [0.05, 0.1) is 14.6 Å². The van der Waals surface area contributed by atoms with Crippen molar-refractivity contribution < 1.29 is 9.18 Å². The molecule has 1 heterocycles. The fourth-order valence-corrected chi connectivity index (χ4v) is 3.20. The quantitative estimate of drug-likeness (QED) is 0.392. The van der Waals surface area contributed by atoms with Crippen molar-refractivity contribution >= 4 is 51.7 Å². The first kappa shape index (κ1) is 14.5. The number of aromatic nitrogens is 2. The number of hydrogen-bond donors (Lipinski definition) is 1. The minimum absolute atomic E-state index is 0.254. The van der Waals surface area contributed by atoms with Crippen LogP contribution in [0.1, 0.15) is 15.9 Å². The molecule has 6 heteroatoms. The molecule has 1 aromatic heterocycles. The Bertz CT molecular complexity index is 762. The van der Waals surface area contributed by atoms with Crippen LogP contribution in [-0.4, -0.2) is 16.3 Å². The number of hydrogen-bond acceptors (Lipinski definition) is 3. The first-order chi connectivity index (χ1) is 10.2. The maximum atomic E-state index is 13.5. The Morgan fingerprint density at radius 3 is 2.76 bits per heavy atom. The van der Waals surface area contributed by atoms with Gasteiger partial charge in [-0.3, -0.25) is 4.79 Å². The van der Waals surface area contributed by atoms with E-state index in [0.29, 0.717) is 14.7 Å². The lowest BCUT2D eigenvalue weighted by atomic mass is 10.2. The summed E-state index contributed by atoms with van der Waals surface area (Å²) in [6.07, 6.45) is 0.826. The van der Waals surface area contributed by atoms with E-state index in [2.05, 4.69) is 9.97 Å². The Labute approximate surface area is 138 Å². The van der Waals surface area contributed by atoms with Gasteiger partial charge in [-0.25, -0.2) is 9.37 Å². The molecule has 3 nitrogen and oxygen atoms in total. The van der Waals surface area contributed by atoms with E-state index in [9.17, 15) is 9.18 Å². The van der Waals surface area contributed by atoms with Crippen LogP contribution in [0.5, 0.6) is 0 Å². The minimum atomic E-state index is -0.254. The molecule has 0 radical (unpaired) electrons. The third kappa shape index (κ3) is 3.26. The highest BCUT2D eigenvalue weighted by atomic mass is 127. The number of nitrogens with zero attached hydrogens (tertiary/aromatic N) is 1. The summed E-state index contributed by atoms with van der Waals surface area (Å²) in [6, 6.07) is 10.6. The summed E-state index contributed by atoms with van der Waals surface area (Å²) < 4.78 is 14.1. The summed E-state index contributed by atoms with van der Waals surface area (Å²) >= 11 is 3.51. The number of nitrogens with one attached hydrogen (secondary N) is 1. The standard InChI is InChI=1S/C15H10FIN2OS/c16-11-5-13-14(6-12(11)17)19-15(18-13)21-8-10-3-1-9(7-20)2-4-10/h1-7H,8H2,(H,18,19). The predicted octanol–water partition coefficient (Wildman–Crippen LogP) is 4.41. The summed E-state index contributed by atoms with van der Waals surface area (Å²) in [7, 11) is 0. The maximum absolute atomic E-state index is 13.5. The molecule has 2 aromatic carbocycles. The van der Waals surface area contributed by atoms with E-state index in [1.807, 2.05) is 34.7 Å². The largest absolute Gasteiger partial charge is 0.333 e. The SMILES string of the molecule is O=Cc1ccc(CSc2nc3cc(F)c(I)cc3[nH]2)cc1. The van der Waals surface area contributed by atoms with Gasteiger partial charge >= 0.3 is 0 Å². The van der Waals surface area contributed by atoms with E-state index in [4.69, 9.17) is 0 Å². The van der Waals surface area contributed by atoms with Crippen molar-refractivity contribution in [1.29, 1.82) is 0 Å². The molecular formula is C15H10FIN2OS. The summed E-state index contributed by atoms with van der Waals surface area (Å²) in [5.41, 5.74) is 3.23. The molecule has 0 aliphatic heterocycles. The van der Waals surface area contributed by atoms with Gasteiger partial charge in [-0.15, -0.1) is 0 Å². The molecule has 3 rings (SSSR count). The van der Waals surface area contributed by atoms with Crippen molar-refractivity contribution in [3.8, 4) is 0 Å². The van der Waals surface area contributed by atoms with Crippen LogP contribution in [0.2, 0.25) is 0 Å². The molecule has 0 atom stereocenters. The van der Waals surface area contributed by atoms with Gasteiger partial charge in [0.1, 0.15) is 12.1 Å². The van der Waals surface area contributed by atoms with Gasteiger partial charge in [-0.2, -0.15) is 0 Å². The molecule has 0 aliphatic rings. The molecule has 3 aromatic rings. The summed E-state index contributed by atoms with van der Waals surface area (Å²) in [6.45, 7) is 0. The number of aromatic amines is 1. The van der Waals surface area contributed by atoms with E-state index in [1.54, 1.807) is 30.0 Å². The lowest BCUT2D eigenvalue weighted by Crippen LogP contribution is -1.84. The molecule has 106 valence electrons. The van der Waals surface area contributed by atoms with E-state index in [1.165, 1.54) is 6.07 Å². The number of aldehydes is 1. The van der Waals surface area contributed by atoms with Crippen molar-refractivity contribution in [3.05, 3.63) is 56.9 Å². The van der Waals surface area contributed by atoms with Gasteiger partial charge in [0.2, 0.25) is 0 Å². The topological polar surface area (TPSA) is 45.8 Å². The monoisotopic (exact) mass is 412 g/mol. The first-order valence-electron chi connectivity index (χ1n) is 6.17. The number of rotatable bonds is 4. The Morgan fingerprint density at radius 2 is 2.05 bits per heavy atom. The number of thioether (sulfide) groups is 1. The number of carbonyl (C=O) groups excluding carboxylic acids is 1. The molecule has 0 saturated heterocycles. The van der Waals surface area contributed by atoms with E-state index in [-0.39, 0.29) is 5.82 Å². The second-order valence-corrected chi connectivity index (χ2v) is 6.60. The fraction of sp³-hybridized carbons (Fsp3) is 0.0667. The zero-order chi connectivity index (χ0) is 14.8. The molecule has 21 heavy (non-hydrogen) atoms. The Kier molecular flexibility index (Phi) is 4.25. The van der Waals surface area contributed by atoms with Crippen LogP contribution in [0.15, 0.2) is 41.6 Å². The molecule has 0 saturated carbocycles. The number of fused-ring (bicyclic) bond motifs is 1. The van der Waals surface area contributed by atoms with Crippen LogP contribution in [0.4, 0.5) is 4.39 Å². The second kappa shape index (κ2) is 6.15. The summed E-state index contributed by atoms with van der Waals surface area (Å²) in [5, 5.41) is 0.755. The average molecular weight is 412 g/mol. The summed E-state index contributed by atoms with van der Waals surface area (Å²) in [5.74, 6) is 0.481. The van der Waals surface area contributed by atoms with Crippen molar-refractivity contribution in [2.24, 2.45) is 0 Å².